The molecule has 0 amide bonds. The van der Waals surface area contributed by atoms with Gasteiger partial charge < -0.3 is 9.47 Å². The number of para-hydroxylation sites is 2. The van der Waals surface area contributed by atoms with E-state index in [0.717, 1.165) is 33.9 Å². The van der Waals surface area contributed by atoms with Crippen molar-refractivity contribution in [1.29, 1.82) is 0 Å². The van der Waals surface area contributed by atoms with Crippen LogP contribution in [0.15, 0.2) is 279 Å². The summed E-state index contributed by atoms with van der Waals surface area (Å²) in [5.41, 5.74) is 18.7. The number of hydrogen-bond acceptors (Lipinski definition) is 1. The molecule has 70 heavy (non-hydrogen) atoms. The van der Waals surface area contributed by atoms with Crippen molar-refractivity contribution in [2.24, 2.45) is 0 Å². The molecule has 328 valence electrons. The molecule has 0 bridgehead atoms. The van der Waals surface area contributed by atoms with Gasteiger partial charge in [0.05, 0.1) is 16.7 Å². The van der Waals surface area contributed by atoms with E-state index in [9.17, 15) is 0 Å². The Bertz CT molecular complexity index is 4020. The van der Waals surface area contributed by atoms with Crippen LogP contribution in [0.2, 0.25) is 0 Å². The first-order chi connectivity index (χ1) is 34.7. The molecule has 0 unspecified atom stereocenters. The zero-order valence-electron chi connectivity index (χ0n) is 38.5. The second kappa shape index (κ2) is 17.4. The molecule has 13 aromatic rings. The number of rotatable bonds is 9. The molecule has 12 aromatic carbocycles. The van der Waals surface area contributed by atoms with E-state index in [2.05, 4.69) is 289 Å². The van der Waals surface area contributed by atoms with Crippen molar-refractivity contribution in [3.63, 3.8) is 0 Å². The second-order valence-electron chi connectivity index (χ2n) is 18.1. The Morgan fingerprint density at radius 3 is 1.39 bits per heavy atom. The van der Waals surface area contributed by atoms with Crippen LogP contribution < -0.4 is 4.90 Å². The first kappa shape index (κ1) is 41.0. The Kier molecular flexibility index (Phi) is 10.2. The second-order valence-corrected chi connectivity index (χ2v) is 18.1. The predicted octanol–water partition coefficient (Wildman–Crippen LogP) is 18.9. The van der Waals surface area contributed by atoms with Crippen molar-refractivity contribution in [1.82, 2.24) is 4.57 Å². The Labute approximate surface area is 408 Å². The van der Waals surface area contributed by atoms with Crippen LogP contribution in [0, 0.1) is 0 Å². The summed E-state index contributed by atoms with van der Waals surface area (Å²) >= 11 is 0. The number of hydrogen-bond donors (Lipinski definition) is 0. The third-order valence-corrected chi connectivity index (χ3v) is 14.0. The third kappa shape index (κ3) is 7.31. The largest absolute Gasteiger partial charge is 0.310 e. The van der Waals surface area contributed by atoms with Crippen molar-refractivity contribution in [3.8, 4) is 61.3 Å². The maximum absolute atomic E-state index is 2.44. The van der Waals surface area contributed by atoms with E-state index >= 15 is 0 Å². The molecule has 0 fully saturated rings. The molecule has 0 radical (unpaired) electrons. The first-order valence-corrected chi connectivity index (χ1v) is 24.1. The lowest BCUT2D eigenvalue weighted by molar-refractivity contribution is 1.19. The van der Waals surface area contributed by atoms with Gasteiger partial charge in [-0.1, -0.05) is 218 Å². The van der Waals surface area contributed by atoms with Gasteiger partial charge in [0.2, 0.25) is 0 Å². The van der Waals surface area contributed by atoms with Gasteiger partial charge in [0.15, 0.2) is 0 Å². The van der Waals surface area contributed by atoms with Crippen LogP contribution in [0.3, 0.4) is 0 Å². The lowest BCUT2D eigenvalue weighted by Crippen LogP contribution is -2.11. The van der Waals surface area contributed by atoms with E-state index in [4.69, 9.17) is 0 Å². The van der Waals surface area contributed by atoms with E-state index < -0.39 is 0 Å². The SMILES string of the molecule is c1ccc(-c2ccc(-c3ccc(N(c4ccc(-c5ccccc5)cc4)c4ccccc4-c4cccc(-c5cccc6c5c5ccccc5n6-c5ccc6c(ccc7ccccc76)c5)c4)cc3)cc2)cc1. The van der Waals surface area contributed by atoms with Gasteiger partial charge in [-0.05, 0) is 132 Å². The van der Waals surface area contributed by atoms with E-state index in [1.807, 2.05) is 0 Å². The van der Waals surface area contributed by atoms with Crippen LogP contribution in [0.1, 0.15) is 0 Å². The lowest BCUT2D eigenvalue weighted by Gasteiger charge is -2.28. The highest BCUT2D eigenvalue weighted by atomic mass is 15.1. The third-order valence-electron chi connectivity index (χ3n) is 14.0. The quantitative estimate of drug-likeness (QED) is 0.131. The fourth-order valence-electron chi connectivity index (χ4n) is 10.6. The molecule has 13 rings (SSSR count). The van der Waals surface area contributed by atoms with E-state index in [1.165, 1.54) is 87.9 Å². The Hall–Kier alpha value is -9.24. The number of anilines is 3. The van der Waals surface area contributed by atoms with Crippen molar-refractivity contribution in [2.75, 3.05) is 4.90 Å². The smallest absolute Gasteiger partial charge is 0.0547 e. The molecule has 0 aliphatic rings. The van der Waals surface area contributed by atoms with Crippen LogP contribution in [0.4, 0.5) is 17.1 Å². The number of aromatic nitrogens is 1. The highest BCUT2D eigenvalue weighted by Crippen LogP contribution is 2.44. The Morgan fingerprint density at radius 1 is 0.257 bits per heavy atom. The Balaban J connectivity index is 0.910. The molecule has 0 aliphatic carbocycles. The topological polar surface area (TPSA) is 8.17 Å². The molecule has 1 aromatic heterocycles. The minimum atomic E-state index is 1.08. The van der Waals surface area contributed by atoms with Crippen molar-refractivity contribution in [2.45, 2.75) is 0 Å². The molecule has 0 atom stereocenters. The molecule has 0 saturated carbocycles. The van der Waals surface area contributed by atoms with Crippen molar-refractivity contribution in [3.05, 3.63) is 279 Å². The lowest BCUT2D eigenvalue weighted by atomic mass is 9.94. The molecule has 0 saturated heterocycles. The molecular formula is C68H46N2. The maximum atomic E-state index is 2.44. The summed E-state index contributed by atoms with van der Waals surface area (Å²) in [7, 11) is 0. The zero-order valence-corrected chi connectivity index (χ0v) is 38.5. The predicted molar refractivity (Wildman–Crippen MR) is 298 cm³/mol. The van der Waals surface area contributed by atoms with Crippen LogP contribution in [-0.4, -0.2) is 4.57 Å². The van der Waals surface area contributed by atoms with Crippen LogP contribution >= 0.6 is 0 Å². The first-order valence-electron chi connectivity index (χ1n) is 24.1. The van der Waals surface area contributed by atoms with E-state index in [-0.39, 0.29) is 0 Å². The average Bonchev–Trinajstić information content (AvgIpc) is 3.79. The standard InChI is InChI=1S/C68H46N2/c1-3-15-47(16-4-1)49-29-31-50(32-30-49)52-37-41-58(42-38-52)69(57-39-35-51(36-40-57)48-17-5-2-6-18-48)65-26-11-9-23-62(65)54-20-13-21-55(45-54)63-25-14-28-67-68(63)64-24-10-12-27-66(64)70(67)59-43-44-61-56(46-59)34-33-53-19-7-8-22-60(53)61/h1-46H. The van der Waals surface area contributed by atoms with Gasteiger partial charge in [0.25, 0.3) is 0 Å². The van der Waals surface area contributed by atoms with Crippen LogP contribution in [0.25, 0.3) is 105 Å². The van der Waals surface area contributed by atoms with Gasteiger partial charge in [-0.2, -0.15) is 0 Å². The number of nitrogens with zero attached hydrogens (tertiary/aromatic N) is 2. The Morgan fingerprint density at radius 2 is 0.714 bits per heavy atom. The molecular weight excluding hydrogens is 845 g/mol. The minimum Gasteiger partial charge on any atom is -0.310 e. The van der Waals surface area contributed by atoms with Crippen LogP contribution in [0.5, 0.6) is 0 Å². The normalized spacial score (nSPS) is 11.4. The molecule has 1 heterocycles. The zero-order chi connectivity index (χ0) is 46.4. The van der Waals surface area contributed by atoms with E-state index in [0.29, 0.717) is 0 Å². The van der Waals surface area contributed by atoms with Crippen molar-refractivity contribution >= 4 is 60.4 Å². The van der Waals surface area contributed by atoms with Gasteiger partial charge in [0.1, 0.15) is 0 Å². The van der Waals surface area contributed by atoms with Gasteiger partial charge in [0, 0.05) is 33.4 Å². The van der Waals surface area contributed by atoms with Crippen molar-refractivity contribution < 1.29 is 0 Å². The average molecular weight is 891 g/mol. The highest BCUT2D eigenvalue weighted by Gasteiger charge is 2.20. The van der Waals surface area contributed by atoms with E-state index in [1.54, 1.807) is 0 Å². The molecule has 2 nitrogen and oxygen atoms in total. The fourth-order valence-corrected chi connectivity index (χ4v) is 10.6. The van der Waals surface area contributed by atoms with Gasteiger partial charge in [-0.15, -0.1) is 0 Å². The highest BCUT2D eigenvalue weighted by molar-refractivity contribution is 6.16. The molecule has 0 spiro atoms. The van der Waals surface area contributed by atoms with Crippen LogP contribution in [-0.2, 0) is 0 Å². The molecule has 2 heteroatoms. The molecule has 0 N–H and O–H groups in total. The molecule has 0 aliphatic heterocycles. The van der Waals surface area contributed by atoms with Gasteiger partial charge in [-0.25, -0.2) is 0 Å². The summed E-state index contributed by atoms with van der Waals surface area (Å²) in [5.74, 6) is 0. The summed E-state index contributed by atoms with van der Waals surface area (Å²) in [6, 6.07) is 102. The summed E-state index contributed by atoms with van der Waals surface area (Å²) in [6.45, 7) is 0. The monoisotopic (exact) mass is 890 g/mol. The maximum Gasteiger partial charge on any atom is 0.0547 e. The minimum absolute atomic E-state index is 1.08. The summed E-state index contributed by atoms with van der Waals surface area (Å²) in [5, 5.41) is 7.52. The summed E-state index contributed by atoms with van der Waals surface area (Å²) in [6.07, 6.45) is 0. The fraction of sp³-hybridized carbons (Fsp3) is 0. The number of fused-ring (bicyclic) bond motifs is 6. The van der Waals surface area contributed by atoms with Gasteiger partial charge in [-0.3, -0.25) is 0 Å². The number of benzene rings is 12. The summed E-state index contributed by atoms with van der Waals surface area (Å²) < 4.78 is 2.44. The summed E-state index contributed by atoms with van der Waals surface area (Å²) in [4.78, 5) is 2.40. The van der Waals surface area contributed by atoms with Gasteiger partial charge >= 0.3 is 0 Å².